The largest absolute Gasteiger partial charge is 0.379 e. The molecule has 7 heteroatoms. The van der Waals surface area contributed by atoms with Crippen LogP contribution in [-0.4, -0.2) is 68.5 Å². The van der Waals surface area contributed by atoms with Gasteiger partial charge >= 0.3 is 0 Å². The predicted molar refractivity (Wildman–Crippen MR) is 100 cm³/mol. The van der Waals surface area contributed by atoms with E-state index in [2.05, 4.69) is 34.5 Å². The molecule has 1 saturated heterocycles. The van der Waals surface area contributed by atoms with Crippen LogP contribution in [0.4, 0.5) is 0 Å². The molecule has 142 valence electrons. The monoisotopic (exact) mass is 351 g/mol. The van der Waals surface area contributed by atoms with Gasteiger partial charge in [-0.15, -0.1) is 0 Å². The summed E-state index contributed by atoms with van der Waals surface area (Å²) in [6.45, 7) is 15.6. The lowest BCUT2D eigenvalue weighted by Crippen LogP contribution is -2.40. The minimum absolute atomic E-state index is 0.287. The van der Waals surface area contributed by atoms with Crippen molar-refractivity contribution in [3.63, 3.8) is 0 Å². The van der Waals surface area contributed by atoms with Crippen molar-refractivity contribution in [3.8, 4) is 0 Å². The molecule has 2 rings (SSSR count). The van der Waals surface area contributed by atoms with Crippen LogP contribution in [0.1, 0.15) is 43.2 Å². The summed E-state index contributed by atoms with van der Waals surface area (Å²) >= 11 is 0. The maximum atomic E-state index is 5.38. The molecule has 1 fully saturated rings. The number of rotatable bonds is 8. The molecular weight excluding hydrogens is 318 g/mol. The van der Waals surface area contributed by atoms with E-state index in [1.165, 1.54) is 5.56 Å². The number of morpholine rings is 1. The van der Waals surface area contributed by atoms with Crippen molar-refractivity contribution in [1.29, 1.82) is 0 Å². The molecule has 2 heterocycles. The van der Waals surface area contributed by atoms with Gasteiger partial charge in [-0.1, -0.05) is 12.1 Å². The van der Waals surface area contributed by atoms with Gasteiger partial charge in [-0.25, -0.2) is 0 Å². The molecule has 0 amide bonds. The van der Waals surface area contributed by atoms with Crippen LogP contribution in [0.2, 0.25) is 0 Å². The molecule has 0 aromatic carbocycles. The van der Waals surface area contributed by atoms with E-state index in [0.29, 0.717) is 6.54 Å². The predicted octanol–water partition coefficient (Wildman–Crippen LogP) is 1.67. The molecule has 0 saturated carbocycles. The van der Waals surface area contributed by atoms with E-state index in [9.17, 15) is 0 Å². The minimum Gasteiger partial charge on any atom is -0.379 e. The number of aromatic nitrogens is 1. The Kier molecular flexibility index (Phi) is 8.21. The molecule has 0 bridgehead atoms. The number of aliphatic imine (C=N–C) groups is 1. The molecule has 0 spiro atoms. The molecule has 7 nitrogen and oxygen atoms in total. The summed E-state index contributed by atoms with van der Waals surface area (Å²) in [5.41, 5.74) is 2.13. The zero-order valence-electron chi connectivity index (χ0n) is 16.1. The molecule has 1 aliphatic heterocycles. The number of nitrogens with one attached hydrogen (secondary N) is 2. The molecule has 2 N–H and O–H groups in total. The first-order chi connectivity index (χ1) is 12.1. The first-order valence-electron chi connectivity index (χ1n) is 9.36. The van der Waals surface area contributed by atoms with Crippen molar-refractivity contribution in [2.45, 2.75) is 40.0 Å². The van der Waals surface area contributed by atoms with Gasteiger partial charge in [-0.3, -0.25) is 9.89 Å². The van der Waals surface area contributed by atoms with E-state index >= 15 is 0 Å². The third-order valence-electron chi connectivity index (χ3n) is 4.50. The lowest BCUT2D eigenvalue weighted by Gasteiger charge is -2.26. The van der Waals surface area contributed by atoms with Crippen molar-refractivity contribution < 1.29 is 9.26 Å². The fraction of sp³-hybridized carbons (Fsp3) is 0.778. The highest BCUT2D eigenvalue weighted by Crippen LogP contribution is 2.23. The van der Waals surface area contributed by atoms with E-state index in [1.807, 2.05) is 13.8 Å². The molecule has 1 aliphatic rings. The highest BCUT2D eigenvalue weighted by atomic mass is 16.5. The average Bonchev–Trinajstić information content (AvgIpc) is 2.95. The Labute approximate surface area is 151 Å². The zero-order chi connectivity index (χ0) is 18.1. The molecule has 1 aromatic heterocycles. The third kappa shape index (κ3) is 6.32. The Balaban J connectivity index is 1.77. The molecule has 0 radical (unpaired) electrons. The molecular formula is C18H33N5O2. The van der Waals surface area contributed by atoms with Crippen molar-refractivity contribution in [3.05, 3.63) is 17.0 Å². The van der Waals surface area contributed by atoms with Crippen molar-refractivity contribution in [1.82, 2.24) is 20.7 Å². The van der Waals surface area contributed by atoms with Crippen LogP contribution >= 0.6 is 0 Å². The SMILES string of the molecule is CCNC(=NCC(C)c1c(C)noc1C)NCCCN1CCOCC1. The lowest BCUT2D eigenvalue weighted by molar-refractivity contribution is 0.0376. The van der Waals surface area contributed by atoms with Crippen LogP contribution in [0.15, 0.2) is 9.52 Å². The highest BCUT2D eigenvalue weighted by molar-refractivity contribution is 5.79. The lowest BCUT2D eigenvalue weighted by atomic mass is 10.00. The standard InChI is InChI=1S/C18H33N5O2/c1-5-19-18(20-7-6-8-23-9-11-24-12-10-23)21-13-14(2)17-15(3)22-25-16(17)4/h14H,5-13H2,1-4H3,(H2,19,20,21). The molecule has 1 unspecified atom stereocenters. The third-order valence-corrected chi connectivity index (χ3v) is 4.50. The van der Waals surface area contributed by atoms with Crippen LogP contribution in [0, 0.1) is 13.8 Å². The van der Waals surface area contributed by atoms with Crippen molar-refractivity contribution in [2.75, 3.05) is 52.5 Å². The number of nitrogens with zero attached hydrogens (tertiary/aromatic N) is 3. The number of guanidine groups is 1. The summed E-state index contributed by atoms with van der Waals surface area (Å²) in [5, 5.41) is 10.8. The van der Waals surface area contributed by atoms with E-state index in [4.69, 9.17) is 14.3 Å². The van der Waals surface area contributed by atoms with E-state index in [-0.39, 0.29) is 5.92 Å². The minimum atomic E-state index is 0.287. The van der Waals surface area contributed by atoms with Crippen LogP contribution in [0.25, 0.3) is 0 Å². The number of ether oxygens (including phenoxy) is 1. The first-order valence-corrected chi connectivity index (χ1v) is 9.36. The van der Waals surface area contributed by atoms with Gasteiger partial charge in [0.1, 0.15) is 5.76 Å². The maximum absolute atomic E-state index is 5.38. The quantitative estimate of drug-likeness (QED) is 0.422. The summed E-state index contributed by atoms with van der Waals surface area (Å²) < 4.78 is 10.6. The van der Waals surface area contributed by atoms with Gasteiger partial charge in [0.05, 0.1) is 18.9 Å². The second kappa shape index (κ2) is 10.4. The summed E-state index contributed by atoms with van der Waals surface area (Å²) in [4.78, 5) is 7.18. The van der Waals surface area contributed by atoms with E-state index in [0.717, 1.165) is 69.8 Å². The van der Waals surface area contributed by atoms with Crippen LogP contribution < -0.4 is 10.6 Å². The van der Waals surface area contributed by atoms with Crippen LogP contribution in [-0.2, 0) is 4.74 Å². The Morgan fingerprint density at radius 1 is 1.28 bits per heavy atom. The average molecular weight is 351 g/mol. The summed E-state index contributed by atoms with van der Waals surface area (Å²) in [6.07, 6.45) is 1.10. The summed E-state index contributed by atoms with van der Waals surface area (Å²) in [7, 11) is 0. The fourth-order valence-corrected chi connectivity index (χ4v) is 3.19. The Morgan fingerprint density at radius 2 is 2.04 bits per heavy atom. The summed E-state index contributed by atoms with van der Waals surface area (Å²) in [5.74, 6) is 2.06. The number of hydrogen-bond donors (Lipinski definition) is 2. The Hall–Kier alpha value is -1.60. The topological polar surface area (TPSA) is 74.9 Å². The first kappa shape index (κ1) is 19.7. The smallest absolute Gasteiger partial charge is 0.191 e. The second-order valence-corrected chi connectivity index (χ2v) is 6.59. The second-order valence-electron chi connectivity index (χ2n) is 6.59. The molecule has 0 aliphatic carbocycles. The van der Waals surface area contributed by atoms with Gasteiger partial charge in [-0.05, 0) is 33.7 Å². The van der Waals surface area contributed by atoms with E-state index in [1.54, 1.807) is 0 Å². The van der Waals surface area contributed by atoms with Crippen molar-refractivity contribution >= 4 is 5.96 Å². The number of hydrogen-bond acceptors (Lipinski definition) is 5. The van der Waals surface area contributed by atoms with Gasteiger partial charge in [0.15, 0.2) is 5.96 Å². The Bertz CT molecular complexity index is 518. The van der Waals surface area contributed by atoms with Gasteiger partial charge in [0.25, 0.3) is 0 Å². The van der Waals surface area contributed by atoms with Gasteiger partial charge < -0.3 is 19.9 Å². The maximum Gasteiger partial charge on any atom is 0.191 e. The fourth-order valence-electron chi connectivity index (χ4n) is 3.19. The van der Waals surface area contributed by atoms with E-state index < -0.39 is 0 Å². The van der Waals surface area contributed by atoms with Gasteiger partial charge in [-0.2, -0.15) is 0 Å². The molecule has 25 heavy (non-hydrogen) atoms. The van der Waals surface area contributed by atoms with Crippen LogP contribution in [0.3, 0.4) is 0 Å². The number of aryl methyl sites for hydroxylation is 2. The normalized spacial score (nSPS) is 17.5. The summed E-state index contributed by atoms with van der Waals surface area (Å²) in [6, 6.07) is 0. The highest BCUT2D eigenvalue weighted by Gasteiger charge is 2.16. The van der Waals surface area contributed by atoms with Gasteiger partial charge in [0.2, 0.25) is 0 Å². The van der Waals surface area contributed by atoms with Crippen molar-refractivity contribution in [2.24, 2.45) is 4.99 Å². The zero-order valence-corrected chi connectivity index (χ0v) is 16.1. The molecule has 1 aromatic rings. The van der Waals surface area contributed by atoms with Gasteiger partial charge in [0, 0.05) is 44.2 Å². The van der Waals surface area contributed by atoms with Crippen LogP contribution in [0.5, 0.6) is 0 Å². The molecule has 1 atom stereocenters. The Morgan fingerprint density at radius 3 is 2.68 bits per heavy atom.